The van der Waals surface area contributed by atoms with Crippen molar-refractivity contribution in [3.05, 3.63) is 11.6 Å². The zero-order valence-corrected chi connectivity index (χ0v) is 12.2. The number of aromatic amines is 1. The first-order valence-electron chi connectivity index (χ1n) is 6.88. The lowest BCUT2D eigenvalue weighted by atomic mass is 9.96. The lowest BCUT2D eigenvalue weighted by Crippen LogP contribution is -2.41. The van der Waals surface area contributed by atoms with Gasteiger partial charge in [0, 0.05) is 24.5 Å². The van der Waals surface area contributed by atoms with Gasteiger partial charge < -0.3 is 10.2 Å². The van der Waals surface area contributed by atoms with Gasteiger partial charge in [-0.15, -0.1) is 5.10 Å². The summed E-state index contributed by atoms with van der Waals surface area (Å²) >= 11 is 0. The molecule has 19 heavy (non-hydrogen) atoms. The van der Waals surface area contributed by atoms with E-state index in [2.05, 4.69) is 20.5 Å². The number of rotatable bonds is 3. The molecule has 106 valence electrons. The summed E-state index contributed by atoms with van der Waals surface area (Å²) in [5.74, 6) is 0.943. The van der Waals surface area contributed by atoms with Gasteiger partial charge in [-0.1, -0.05) is 20.8 Å². The molecule has 1 atom stereocenters. The van der Waals surface area contributed by atoms with Gasteiger partial charge in [-0.2, -0.15) is 0 Å². The zero-order valence-electron chi connectivity index (χ0n) is 12.2. The molecule has 2 rings (SSSR count). The molecule has 1 unspecified atom stereocenters. The van der Waals surface area contributed by atoms with Gasteiger partial charge in [-0.05, 0) is 19.9 Å². The highest BCUT2D eigenvalue weighted by Crippen LogP contribution is 2.18. The van der Waals surface area contributed by atoms with Crippen LogP contribution in [0.1, 0.15) is 50.6 Å². The van der Waals surface area contributed by atoms with Crippen molar-refractivity contribution in [3.63, 3.8) is 0 Å². The van der Waals surface area contributed by atoms with E-state index in [-0.39, 0.29) is 23.2 Å². The fourth-order valence-electron chi connectivity index (χ4n) is 2.29. The summed E-state index contributed by atoms with van der Waals surface area (Å²) in [5, 5.41) is 10.2. The third kappa shape index (κ3) is 2.94. The smallest absolute Gasteiger partial charge is 0.293 e. The molecule has 1 aromatic rings. The van der Waals surface area contributed by atoms with E-state index in [9.17, 15) is 4.79 Å². The maximum atomic E-state index is 12.5. The Morgan fingerprint density at radius 2 is 2.21 bits per heavy atom. The van der Waals surface area contributed by atoms with E-state index in [0.29, 0.717) is 6.54 Å². The van der Waals surface area contributed by atoms with Crippen LogP contribution in [0.25, 0.3) is 0 Å². The minimum atomic E-state index is -0.127. The first kappa shape index (κ1) is 14.0. The van der Waals surface area contributed by atoms with E-state index in [4.69, 9.17) is 0 Å². The first-order chi connectivity index (χ1) is 8.93. The van der Waals surface area contributed by atoms with Gasteiger partial charge in [0.25, 0.3) is 5.91 Å². The Bertz CT molecular complexity index is 442. The Morgan fingerprint density at radius 3 is 2.68 bits per heavy atom. The second kappa shape index (κ2) is 5.28. The molecule has 0 spiro atoms. The highest BCUT2D eigenvalue weighted by molar-refractivity contribution is 5.90. The molecule has 0 bridgehead atoms. The summed E-state index contributed by atoms with van der Waals surface area (Å²) in [6, 6.07) is 0.258. The molecule has 1 amide bonds. The maximum absolute atomic E-state index is 12.5. The number of aromatic nitrogens is 3. The molecule has 1 aliphatic rings. The fourth-order valence-corrected chi connectivity index (χ4v) is 2.29. The van der Waals surface area contributed by atoms with Crippen LogP contribution >= 0.6 is 0 Å². The van der Waals surface area contributed by atoms with Crippen molar-refractivity contribution in [2.75, 3.05) is 19.6 Å². The van der Waals surface area contributed by atoms with Crippen molar-refractivity contribution in [2.24, 2.45) is 0 Å². The molecule has 0 radical (unpaired) electrons. The van der Waals surface area contributed by atoms with E-state index in [1.54, 1.807) is 0 Å². The molecule has 1 saturated heterocycles. The van der Waals surface area contributed by atoms with Crippen molar-refractivity contribution in [1.82, 2.24) is 25.4 Å². The molecule has 0 aliphatic carbocycles. The second-order valence-electron chi connectivity index (χ2n) is 6.00. The number of hydrogen-bond donors (Lipinski definition) is 2. The number of amides is 1. The van der Waals surface area contributed by atoms with Crippen molar-refractivity contribution < 1.29 is 4.79 Å². The largest absolute Gasteiger partial charge is 0.332 e. The molecule has 2 N–H and O–H groups in total. The lowest BCUT2D eigenvalue weighted by molar-refractivity contribution is 0.0691. The van der Waals surface area contributed by atoms with Gasteiger partial charge in [0.1, 0.15) is 5.82 Å². The van der Waals surface area contributed by atoms with Gasteiger partial charge in [0.05, 0.1) is 0 Å². The molecule has 1 aliphatic heterocycles. The number of nitrogens with one attached hydrogen (secondary N) is 2. The van der Waals surface area contributed by atoms with E-state index in [1.165, 1.54) is 0 Å². The predicted octanol–water partition coefficient (Wildman–Crippen LogP) is 0.926. The molecule has 1 aromatic heterocycles. The van der Waals surface area contributed by atoms with Crippen molar-refractivity contribution >= 4 is 5.91 Å². The van der Waals surface area contributed by atoms with Gasteiger partial charge >= 0.3 is 0 Å². The normalized spacial score (nSPS) is 19.7. The van der Waals surface area contributed by atoms with Gasteiger partial charge in [0.2, 0.25) is 5.82 Å². The molecule has 1 fully saturated rings. The minimum Gasteiger partial charge on any atom is -0.332 e. The van der Waals surface area contributed by atoms with Gasteiger partial charge in [-0.25, -0.2) is 4.98 Å². The molecular formula is C13H23N5O. The zero-order chi connectivity index (χ0) is 14.0. The minimum absolute atomic E-state index is 0.0806. The quantitative estimate of drug-likeness (QED) is 0.852. The Hall–Kier alpha value is -1.43. The van der Waals surface area contributed by atoms with E-state index < -0.39 is 0 Å². The molecule has 0 aromatic carbocycles. The van der Waals surface area contributed by atoms with E-state index >= 15 is 0 Å². The van der Waals surface area contributed by atoms with Gasteiger partial charge in [-0.3, -0.25) is 9.89 Å². The van der Waals surface area contributed by atoms with Crippen molar-refractivity contribution in [3.8, 4) is 0 Å². The highest BCUT2D eigenvalue weighted by Gasteiger charge is 2.29. The molecular weight excluding hydrogens is 242 g/mol. The standard InChI is InChI=1S/C13H23N5O/c1-5-18(9-6-7-14-8-9)11(19)10-15-12(17-16-10)13(2,3)4/h9,14H,5-8H2,1-4H3,(H,15,16,17). The second-order valence-corrected chi connectivity index (χ2v) is 6.00. The summed E-state index contributed by atoms with van der Waals surface area (Å²) in [7, 11) is 0. The average molecular weight is 265 g/mol. The molecule has 6 nitrogen and oxygen atoms in total. The monoisotopic (exact) mass is 265 g/mol. The first-order valence-corrected chi connectivity index (χ1v) is 6.88. The van der Waals surface area contributed by atoms with Crippen LogP contribution in [0.3, 0.4) is 0 Å². The summed E-state index contributed by atoms with van der Waals surface area (Å²) in [5.41, 5.74) is -0.127. The number of carbonyl (C=O) groups is 1. The summed E-state index contributed by atoms with van der Waals surface area (Å²) < 4.78 is 0. The lowest BCUT2D eigenvalue weighted by Gasteiger charge is -2.25. The Balaban J connectivity index is 2.15. The number of hydrogen-bond acceptors (Lipinski definition) is 4. The van der Waals surface area contributed by atoms with E-state index in [0.717, 1.165) is 25.3 Å². The van der Waals surface area contributed by atoms with Gasteiger partial charge in [0.15, 0.2) is 0 Å². The highest BCUT2D eigenvalue weighted by atomic mass is 16.2. The Labute approximate surface area is 114 Å². The number of carbonyl (C=O) groups excluding carboxylic acids is 1. The molecule has 6 heteroatoms. The van der Waals surface area contributed by atoms with Crippen LogP contribution in [0.2, 0.25) is 0 Å². The van der Waals surface area contributed by atoms with Crippen LogP contribution in [0.4, 0.5) is 0 Å². The Kier molecular flexibility index (Phi) is 3.89. The number of nitrogens with zero attached hydrogens (tertiary/aromatic N) is 3. The van der Waals surface area contributed by atoms with Crippen LogP contribution in [-0.4, -0.2) is 51.7 Å². The third-order valence-electron chi connectivity index (χ3n) is 3.46. The third-order valence-corrected chi connectivity index (χ3v) is 3.46. The van der Waals surface area contributed by atoms with Crippen LogP contribution in [-0.2, 0) is 5.41 Å². The van der Waals surface area contributed by atoms with Crippen LogP contribution < -0.4 is 5.32 Å². The number of likely N-dealkylation sites (N-methyl/N-ethyl adjacent to an activating group) is 1. The van der Waals surface area contributed by atoms with Crippen LogP contribution in [0.5, 0.6) is 0 Å². The van der Waals surface area contributed by atoms with Crippen molar-refractivity contribution in [1.29, 1.82) is 0 Å². The van der Waals surface area contributed by atoms with Crippen LogP contribution in [0.15, 0.2) is 0 Å². The van der Waals surface area contributed by atoms with Crippen LogP contribution in [0, 0.1) is 0 Å². The molecule has 2 heterocycles. The van der Waals surface area contributed by atoms with Crippen molar-refractivity contribution in [2.45, 2.75) is 45.6 Å². The fraction of sp³-hybridized carbons (Fsp3) is 0.769. The Morgan fingerprint density at radius 1 is 1.47 bits per heavy atom. The average Bonchev–Trinajstić information content (AvgIpc) is 3.00. The topological polar surface area (TPSA) is 73.9 Å². The maximum Gasteiger partial charge on any atom is 0.293 e. The summed E-state index contributed by atoms with van der Waals surface area (Å²) in [4.78, 5) is 18.7. The number of H-pyrrole nitrogens is 1. The predicted molar refractivity (Wildman–Crippen MR) is 73.1 cm³/mol. The summed E-state index contributed by atoms with van der Waals surface area (Å²) in [6.07, 6.45) is 0.996. The summed E-state index contributed by atoms with van der Waals surface area (Å²) in [6.45, 7) is 10.6. The molecule has 0 saturated carbocycles. The van der Waals surface area contributed by atoms with E-state index in [1.807, 2.05) is 32.6 Å². The SMILES string of the molecule is CCN(C(=O)c1n[nH]c(C(C)(C)C)n1)C1CCNC1.